The van der Waals surface area contributed by atoms with Gasteiger partial charge in [0.2, 0.25) is 0 Å². The minimum Gasteiger partial charge on any atom is -0.488 e. The zero-order valence-corrected chi connectivity index (χ0v) is 23.7. The molecule has 1 N–H and O–H groups in total. The smallest absolute Gasteiger partial charge is 0.327 e. The molecule has 1 unspecified atom stereocenters. The molecule has 0 aliphatic carbocycles. The highest BCUT2D eigenvalue weighted by atomic mass is 32.2. The number of rotatable bonds is 8. The summed E-state index contributed by atoms with van der Waals surface area (Å²) in [6, 6.07) is 8.52. The molecule has 2 saturated heterocycles. The van der Waals surface area contributed by atoms with Crippen LogP contribution in [0.1, 0.15) is 34.9 Å². The van der Waals surface area contributed by atoms with Crippen molar-refractivity contribution in [3.05, 3.63) is 72.1 Å². The monoisotopic (exact) mass is 601 g/mol. The van der Waals surface area contributed by atoms with E-state index in [1.165, 1.54) is 40.5 Å². The molecular weight excluding hydrogens is 572 g/mol. The van der Waals surface area contributed by atoms with Gasteiger partial charge in [0.1, 0.15) is 35.2 Å². The van der Waals surface area contributed by atoms with Crippen LogP contribution in [0.3, 0.4) is 0 Å². The number of carbonyl (C=O) groups is 1. The van der Waals surface area contributed by atoms with E-state index in [2.05, 4.69) is 10.1 Å². The van der Waals surface area contributed by atoms with Crippen LogP contribution < -0.4 is 18.7 Å². The lowest BCUT2D eigenvalue weighted by Crippen LogP contribution is -2.42. The number of aryl methyl sites for hydroxylation is 1. The summed E-state index contributed by atoms with van der Waals surface area (Å²) in [5, 5.41) is 4.05. The number of alkyl halides is 1. The Kier molecular flexibility index (Phi) is 7.22. The minimum atomic E-state index is -4.29. The predicted octanol–water partition coefficient (Wildman–Crippen LogP) is 2.78. The summed E-state index contributed by atoms with van der Waals surface area (Å²) in [6.07, 6.45) is 3.84. The maximum absolute atomic E-state index is 14.9. The van der Waals surface area contributed by atoms with E-state index < -0.39 is 34.1 Å². The fourth-order valence-corrected chi connectivity index (χ4v) is 6.10. The molecule has 3 aromatic heterocycles. The molecule has 6 rings (SSSR count). The summed E-state index contributed by atoms with van der Waals surface area (Å²) in [7, 11) is -1.38. The van der Waals surface area contributed by atoms with Crippen LogP contribution >= 0.6 is 0 Å². The maximum Gasteiger partial charge on any atom is 0.327 e. The van der Waals surface area contributed by atoms with Gasteiger partial charge in [-0.2, -0.15) is 13.5 Å². The number of benzene rings is 1. The van der Waals surface area contributed by atoms with Crippen molar-refractivity contribution in [2.75, 3.05) is 36.0 Å². The molecule has 15 heteroatoms. The summed E-state index contributed by atoms with van der Waals surface area (Å²) in [6.45, 7) is 1.02. The number of ether oxygens (including phenoxy) is 2. The zero-order valence-electron chi connectivity index (χ0n) is 22.9. The minimum absolute atomic E-state index is 0.0259. The van der Waals surface area contributed by atoms with Crippen molar-refractivity contribution in [3.8, 4) is 5.75 Å². The standard InChI is InChI=1S/C27H29F2N7O5S/c1-33-9-7-26(31-33)34(2)42(38,39)32-27(37)23-13-30-25-6-4-19(15-36(23)25)35-14-18(29)12-22(35)21-11-17(28)3-5-24(21)41-20-8-10-40-16-20/h3-7,9,11,13,15,18,20,22H,8,10,12,14,16H2,1-2H3,(H,32,37)/t18-,20?,22+/m0/s1. The molecule has 4 aromatic rings. The number of hydrogen-bond acceptors (Lipinski definition) is 8. The highest BCUT2D eigenvalue weighted by Crippen LogP contribution is 2.42. The molecule has 5 heterocycles. The molecule has 3 atom stereocenters. The molecule has 222 valence electrons. The topological polar surface area (TPSA) is 123 Å². The van der Waals surface area contributed by atoms with Gasteiger partial charge in [-0.3, -0.25) is 13.9 Å². The van der Waals surface area contributed by atoms with Crippen molar-refractivity contribution in [2.45, 2.75) is 31.2 Å². The zero-order chi connectivity index (χ0) is 29.6. The fourth-order valence-electron chi connectivity index (χ4n) is 5.28. The summed E-state index contributed by atoms with van der Waals surface area (Å²) >= 11 is 0. The van der Waals surface area contributed by atoms with Crippen molar-refractivity contribution in [3.63, 3.8) is 0 Å². The van der Waals surface area contributed by atoms with E-state index in [1.807, 2.05) is 4.72 Å². The number of pyridine rings is 1. The quantitative estimate of drug-likeness (QED) is 0.327. The Bertz CT molecular complexity index is 1740. The Morgan fingerprint density at radius 1 is 1.24 bits per heavy atom. The summed E-state index contributed by atoms with van der Waals surface area (Å²) in [5.41, 5.74) is 1.37. The lowest BCUT2D eigenvalue weighted by atomic mass is 10.0. The molecule has 1 amide bonds. The first kappa shape index (κ1) is 27.9. The molecule has 2 fully saturated rings. The van der Waals surface area contributed by atoms with Crippen LogP contribution in [0.5, 0.6) is 5.75 Å². The number of imidazole rings is 1. The lowest BCUT2D eigenvalue weighted by molar-refractivity contribution is 0.0975. The van der Waals surface area contributed by atoms with Gasteiger partial charge >= 0.3 is 10.2 Å². The van der Waals surface area contributed by atoms with Gasteiger partial charge in [-0.05, 0) is 30.3 Å². The van der Waals surface area contributed by atoms with Crippen LogP contribution in [-0.4, -0.2) is 72.6 Å². The Morgan fingerprint density at radius 2 is 2.07 bits per heavy atom. The van der Waals surface area contributed by atoms with Gasteiger partial charge < -0.3 is 14.4 Å². The number of nitrogens with zero attached hydrogens (tertiary/aromatic N) is 6. The van der Waals surface area contributed by atoms with Crippen LogP contribution in [0.15, 0.2) is 55.0 Å². The first-order valence-corrected chi connectivity index (χ1v) is 14.8. The van der Waals surface area contributed by atoms with Crippen LogP contribution in [0.2, 0.25) is 0 Å². The van der Waals surface area contributed by atoms with Gasteiger partial charge in [-0.1, -0.05) is 0 Å². The van der Waals surface area contributed by atoms with Crippen molar-refractivity contribution < 1.29 is 31.5 Å². The van der Waals surface area contributed by atoms with Crippen molar-refractivity contribution in [1.82, 2.24) is 23.9 Å². The summed E-state index contributed by atoms with van der Waals surface area (Å²) in [5.74, 6) is -0.797. The first-order valence-electron chi connectivity index (χ1n) is 13.3. The number of aromatic nitrogens is 4. The molecule has 0 bridgehead atoms. The van der Waals surface area contributed by atoms with E-state index in [0.29, 0.717) is 42.3 Å². The second-order valence-electron chi connectivity index (χ2n) is 10.3. The van der Waals surface area contributed by atoms with E-state index in [1.54, 1.807) is 42.5 Å². The lowest BCUT2D eigenvalue weighted by Gasteiger charge is -2.29. The largest absolute Gasteiger partial charge is 0.488 e. The predicted molar refractivity (Wildman–Crippen MR) is 149 cm³/mol. The van der Waals surface area contributed by atoms with Crippen molar-refractivity contribution in [1.29, 1.82) is 0 Å². The number of fused-ring (bicyclic) bond motifs is 1. The third kappa shape index (κ3) is 5.36. The van der Waals surface area contributed by atoms with Crippen LogP contribution in [-0.2, 0) is 22.0 Å². The number of amides is 1. The molecular formula is C27H29F2N7O5S. The normalized spacial score (nSPS) is 20.8. The number of nitrogens with one attached hydrogen (secondary N) is 1. The van der Waals surface area contributed by atoms with E-state index in [0.717, 1.165) is 4.31 Å². The van der Waals surface area contributed by atoms with E-state index in [4.69, 9.17) is 9.47 Å². The Labute approximate surface area is 240 Å². The van der Waals surface area contributed by atoms with Gasteiger partial charge in [0.25, 0.3) is 5.91 Å². The van der Waals surface area contributed by atoms with Gasteiger partial charge in [-0.15, -0.1) is 0 Å². The fraction of sp³-hybridized carbons (Fsp3) is 0.370. The molecule has 12 nitrogen and oxygen atoms in total. The van der Waals surface area contributed by atoms with Gasteiger partial charge in [0.15, 0.2) is 5.82 Å². The average Bonchev–Trinajstić information content (AvgIpc) is 3.76. The van der Waals surface area contributed by atoms with E-state index in [-0.39, 0.29) is 30.6 Å². The SMILES string of the molecule is CN(c1ccn(C)n1)S(=O)(=O)NC(=O)c1cnc2ccc(N3C[C@@H](F)C[C@@H]3c3cc(F)ccc3OC3CCOC3)cn12. The van der Waals surface area contributed by atoms with Crippen molar-refractivity contribution >= 4 is 33.3 Å². The Hall–Kier alpha value is -4.24. The third-order valence-corrected chi connectivity index (χ3v) is 8.77. The second-order valence-corrected chi connectivity index (χ2v) is 12.0. The molecule has 0 radical (unpaired) electrons. The molecule has 42 heavy (non-hydrogen) atoms. The molecule has 0 spiro atoms. The highest BCUT2D eigenvalue weighted by molar-refractivity contribution is 7.91. The van der Waals surface area contributed by atoms with Gasteiger partial charge in [0.05, 0.1) is 31.1 Å². The third-order valence-electron chi connectivity index (χ3n) is 7.42. The van der Waals surface area contributed by atoms with Gasteiger partial charge in [-0.25, -0.2) is 22.8 Å². The maximum atomic E-state index is 14.9. The summed E-state index contributed by atoms with van der Waals surface area (Å²) < 4.78 is 72.5. The Morgan fingerprint density at radius 3 is 2.81 bits per heavy atom. The molecule has 2 aliphatic heterocycles. The van der Waals surface area contributed by atoms with E-state index >= 15 is 0 Å². The molecule has 2 aliphatic rings. The summed E-state index contributed by atoms with van der Waals surface area (Å²) in [4.78, 5) is 19.2. The van der Waals surface area contributed by atoms with Crippen LogP contribution in [0, 0.1) is 5.82 Å². The first-order chi connectivity index (χ1) is 20.1. The number of hydrogen-bond donors (Lipinski definition) is 1. The Balaban J connectivity index is 1.30. The number of carbonyl (C=O) groups excluding carboxylic acids is 1. The number of halogens is 2. The van der Waals surface area contributed by atoms with E-state index in [9.17, 15) is 22.0 Å². The second kappa shape index (κ2) is 10.9. The molecule has 1 aromatic carbocycles. The van der Waals surface area contributed by atoms with Crippen LogP contribution in [0.25, 0.3) is 5.65 Å². The average molecular weight is 602 g/mol. The van der Waals surface area contributed by atoms with Crippen molar-refractivity contribution in [2.24, 2.45) is 7.05 Å². The number of anilines is 2. The van der Waals surface area contributed by atoms with Crippen LogP contribution in [0.4, 0.5) is 20.3 Å². The molecule has 0 saturated carbocycles. The van der Waals surface area contributed by atoms with Gasteiger partial charge in [0, 0.05) is 57.5 Å². The highest BCUT2D eigenvalue weighted by Gasteiger charge is 2.36.